The van der Waals surface area contributed by atoms with E-state index in [1.807, 2.05) is 15.9 Å². The Labute approximate surface area is 123 Å². The molecule has 3 heterocycles. The first kappa shape index (κ1) is 13.9. The van der Waals surface area contributed by atoms with Crippen LogP contribution in [-0.2, 0) is 9.53 Å². The van der Waals surface area contributed by atoms with E-state index < -0.39 is 6.10 Å². The van der Waals surface area contributed by atoms with Gasteiger partial charge in [-0.1, -0.05) is 0 Å². The number of nitrogens with zero attached hydrogens (tertiary/aromatic N) is 3. The summed E-state index contributed by atoms with van der Waals surface area (Å²) in [5, 5.41) is 0. The Morgan fingerprint density at radius 2 is 2.00 bits per heavy atom. The van der Waals surface area contributed by atoms with Crippen molar-refractivity contribution < 1.29 is 9.53 Å². The van der Waals surface area contributed by atoms with E-state index in [2.05, 4.69) is 4.98 Å². The van der Waals surface area contributed by atoms with Gasteiger partial charge < -0.3 is 26.0 Å². The number of hydrogen-bond acceptors (Lipinski definition) is 6. The number of carbonyl (C=O) groups is 1. The molecule has 0 spiro atoms. The second-order valence-electron chi connectivity index (χ2n) is 5.48. The van der Waals surface area contributed by atoms with Crippen LogP contribution >= 0.6 is 0 Å². The molecule has 0 radical (unpaired) electrons. The molecular formula is C14H21N5O2. The van der Waals surface area contributed by atoms with Crippen LogP contribution < -0.4 is 16.4 Å². The van der Waals surface area contributed by atoms with Crippen LogP contribution in [0.15, 0.2) is 12.1 Å². The first-order valence-electron chi connectivity index (χ1n) is 7.32. The SMILES string of the molecule is Nc1ccc(N2CCOC(C(=O)N3CCCC3)C2)nc1N. The van der Waals surface area contributed by atoms with Gasteiger partial charge in [-0.15, -0.1) is 0 Å². The quantitative estimate of drug-likeness (QED) is 0.800. The lowest BCUT2D eigenvalue weighted by Crippen LogP contribution is -2.50. The number of hydrogen-bond donors (Lipinski definition) is 2. The first-order valence-corrected chi connectivity index (χ1v) is 7.32. The number of amides is 1. The van der Waals surface area contributed by atoms with E-state index in [9.17, 15) is 4.79 Å². The van der Waals surface area contributed by atoms with Crippen molar-refractivity contribution >= 4 is 23.2 Å². The predicted molar refractivity (Wildman–Crippen MR) is 80.8 cm³/mol. The van der Waals surface area contributed by atoms with Gasteiger partial charge in [0.2, 0.25) is 0 Å². The van der Waals surface area contributed by atoms with Crippen LogP contribution in [0.5, 0.6) is 0 Å². The first-order chi connectivity index (χ1) is 10.1. The zero-order valence-corrected chi connectivity index (χ0v) is 12.0. The van der Waals surface area contributed by atoms with E-state index >= 15 is 0 Å². The molecule has 2 saturated heterocycles. The molecule has 4 N–H and O–H groups in total. The van der Waals surface area contributed by atoms with Crippen LogP contribution in [0.1, 0.15) is 12.8 Å². The summed E-state index contributed by atoms with van der Waals surface area (Å²) in [6.45, 7) is 3.39. The number of anilines is 3. The number of aromatic nitrogens is 1. The van der Waals surface area contributed by atoms with Crippen molar-refractivity contribution in [3.8, 4) is 0 Å². The smallest absolute Gasteiger partial charge is 0.253 e. The molecule has 1 aromatic rings. The Morgan fingerprint density at radius 1 is 1.24 bits per heavy atom. The van der Waals surface area contributed by atoms with Gasteiger partial charge in [-0.05, 0) is 25.0 Å². The standard InChI is InChI=1S/C14H21N5O2/c15-10-3-4-12(17-13(10)16)19-7-8-21-11(9-19)14(20)18-5-1-2-6-18/h3-4,11H,1-2,5-9,15H2,(H2,16,17). The number of carbonyl (C=O) groups excluding carboxylic acids is 1. The Hall–Kier alpha value is -2.02. The minimum absolute atomic E-state index is 0.0839. The molecule has 3 rings (SSSR count). The number of likely N-dealkylation sites (tertiary alicyclic amines) is 1. The van der Waals surface area contributed by atoms with Gasteiger partial charge in [0.05, 0.1) is 18.8 Å². The van der Waals surface area contributed by atoms with Crippen LogP contribution in [0, 0.1) is 0 Å². The average Bonchev–Trinajstić information content (AvgIpc) is 3.04. The molecule has 2 aliphatic heterocycles. The van der Waals surface area contributed by atoms with Gasteiger partial charge in [-0.2, -0.15) is 0 Å². The summed E-state index contributed by atoms with van der Waals surface area (Å²) in [6.07, 6.45) is 1.74. The van der Waals surface area contributed by atoms with E-state index in [0.29, 0.717) is 31.2 Å². The van der Waals surface area contributed by atoms with Crippen LogP contribution in [0.2, 0.25) is 0 Å². The molecule has 0 aromatic carbocycles. The minimum atomic E-state index is -0.419. The van der Waals surface area contributed by atoms with Gasteiger partial charge in [0.15, 0.2) is 6.10 Å². The lowest BCUT2D eigenvalue weighted by molar-refractivity contribution is -0.143. The number of morpholine rings is 1. The third-order valence-corrected chi connectivity index (χ3v) is 4.03. The van der Waals surface area contributed by atoms with Crippen molar-refractivity contribution in [1.29, 1.82) is 0 Å². The van der Waals surface area contributed by atoms with Crippen molar-refractivity contribution in [2.45, 2.75) is 18.9 Å². The predicted octanol–water partition coefficient (Wildman–Crippen LogP) is 0.0736. The number of rotatable bonds is 2. The Bertz CT molecular complexity index is 530. The number of nitrogen functional groups attached to an aromatic ring is 2. The summed E-state index contributed by atoms with van der Waals surface area (Å²) in [5.41, 5.74) is 11.9. The highest BCUT2D eigenvalue weighted by molar-refractivity contribution is 5.82. The zero-order valence-electron chi connectivity index (χ0n) is 12.0. The Morgan fingerprint density at radius 3 is 2.71 bits per heavy atom. The van der Waals surface area contributed by atoms with Gasteiger partial charge in [-0.3, -0.25) is 4.79 Å². The van der Waals surface area contributed by atoms with Gasteiger partial charge in [0.1, 0.15) is 11.6 Å². The molecule has 7 nitrogen and oxygen atoms in total. The molecule has 0 saturated carbocycles. The van der Waals surface area contributed by atoms with Gasteiger partial charge >= 0.3 is 0 Å². The van der Waals surface area contributed by atoms with E-state index in [1.54, 1.807) is 6.07 Å². The van der Waals surface area contributed by atoms with Crippen LogP contribution in [-0.4, -0.2) is 54.7 Å². The van der Waals surface area contributed by atoms with E-state index in [-0.39, 0.29) is 5.91 Å². The Kier molecular flexibility index (Phi) is 3.83. The summed E-state index contributed by atoms with van der Waals surface area (Å²) >= 11 is 0. The summed E-state index contributed by atoms with van der Waals surface area (Å²) < 4.78 is 5.64. The highest BCUT2D eigenvalue weighted by atomic mass is 16.5. The largest absolute Gasteiger partial charge is 0.396 e. The topological polar surface area (TPSA) is 97.7 Å². The minimum Gasteiger partial charge on any atom is -0.396 e. The molecule has 1 amide bonds. The third kappa shape index (κ3) is 2.87. The number of nitrogens with two attached hydrogens (primary N) is 2. The summed E-state index contributed by atoms with van der Waals surface area (Å²) in [4.78, 5) is 20.6. The molecule has 2 fully saturated rings. The molecule has 2 aliphatic rings. The zero-order chi connectivity index (χ0) is 14.8. The molecule has 0 bridgehead atoms. The van der Waals surface area contributed by atoms with E-state index in [0.717, 1.165) is 31.7 Å². The van der Waals surface area contributed by atoms with Crippen molar-refractivity contribution in [3.05, 3.63) is 12.1 Å². The molecule has 0 aliphatic carbocycles. The summed E-state index contributed by atoms with van der Waals surface area (Å²) in [6, 6.07) is 3.57. The van der Waals surface area contributed by atoms with Gasteiger partial charge in [0, 0.05) is 19.6 Å². The van der Waals surface area contributed by atoms with Gasteiger partial charge in [-0.25, -0.2) is 4.98 Å². The van der Waals surface area contributed by atoms with E-state index in [1.165, 1.54) is 0 Å². The molecule has 114 valence electrons. The van der Waals surface area contributed by atoms with Crippen molar-refractivity contribution in [1.82, 2.24) is 9.88 Å². The lowest BCUT2D eigenvalue weighted by atomic mass is 10.2. The molecule has 1 aromatic heterocycles. The Balaban J connectivity index is 1.70. The number of pyridine rings is 1. The second kappa shape index (κ2) is 5.77. The maximum absolute atomic E-state index is 12.4. The maximum atomic E-state index is 12.4. The average molecular weight is 291 g/mol. The molecule has 21 heavy (non-hydrogen) atoms. The normalized spacial score (nSPS) is 22.6. The highest BCUT2D eigenvalue weighted by Gasteiger charge is 2.31. The molecule has 7 heteroatoms. The lowest BCUT2D eigenvalue weighted by Gasteiger charge is -2.34. The summed E-state index contributed by atoms with van der Waals surface area (Å²) in [7, 11) is 0. The fraction of sp³-hybridized carbons (Fsp3) is 0.571. The van der Waals surface area contributed by atoms with Crippen molar-refractivity contribution in [2.24, 2.45) is 0 Å². The van der Waals surface area contributed by atoms with Gasteiger partial charge in [0.25, 0.3) is 5.91 Å². The fourth-order valence-electron chi connectivity index (χ4n) is 2.80. The summed E-state index contributed by atoms with van der Waals surface area (Å²) in [5.74, 6) is 1.14. The van der Waals surface area contributed by atoms with E-state index in [4.69, 9.17) is 16.2 Å². The van der Waals surface area contributed by atoms with Crippen LogP contribution in [0.25, 0.3) is 0 Å². The number of ether oxygens (including phenoxy) is 1. The fourth-order valence-corrected chi connectivity index (χ4v) is 2.80. The van der Waals surface area contributed by atoms with Crippen molar-refractivity contribution in [2.75, 3.05) is 49.2 Å². The molecule has 1 unspecified atom stereocenters. The highest BCUT2D eigenvalue weighted by Crippen LogP contribution is 2.21. The maximum Gasteiger partial charge on any atom is 0.253 e. The van der Waals surface area contributed by atoms with Crippen LogP contribution in [0.3, 0.4) is 0 Å². The molecule has 1 atom stereocenters. The third-order valence-electron chi connectivity index (χ3n) is 4.03. The second-order valence-corrected chi connectivity index (χ2v) is 5.48. The van der Waals surface area contributed by atoms with Crippen molar-refractivity contribution in [3.63, 3.8) is 0 Å². The van der Waals surface area contributed by atoms with Crippen LogP contribution in [0.4, 0.5) is 17.3 Å². The molecular weight excluding hydrogens is 270 g/mol. The monoisotopic (exact) mass is 291 g/mol.